The number of hydrogen-bond acceptors (Lipinski definition) is 4. The Hall–Kier alpha value is -2.27. The van der Waals surface area contributed by atoms with Crippen LogP contribution in [0.1, 0.15) is 10.4 Å². The average Bonchev–Trinajstić information content (AvgIpc) is 2.34. The summed E-state index contributed by atoms with van der Waals surface area (Å²) in [7, 11) is 0. The van der Waals surface area contributed by atoms with E-state index in [0.717, 1.165) is 0 Å². The van der Waals surface area contributed by atoms with Crippen molar-refractivity contribution in [3.8, 4) is 11.5 Å². The Balaban J connectivity index is 2.22. The number of anilines is 1. The molecule has 0 spiro atoms. The molecule has 0 radical (unpaired) electrons. The highest BCUT2D eigenvalue weighted by atomic mass is 35.5. The summed E-state index contributed by atoms with van der Waals surface area (Å²) in [5.74, 6) is -0.766. The molecule has 1 amide bonds. The quantitative estimate of drug-likeness (QED) is 0.728. The predicted octanol–water partition coefficient (Wildman–Crippen LogP) is 2.40. The van der Waals surface area contributed by atoms with Crippen LogP contribution in [0.15, 0.2) is 36.7 Å². The Morgan fingerprint density at radius 3 is 2.67 bits per heavy atom. The summed E-state index contributed by atoms with van der Waals surface area (Å²) in [6.45, 7) is 0. The van der Waals surface area contributed by atoms with Crippen molar-refractivity contribution in [2.75, 3.05) is 5.32 Å². The van der Waals surface area contributed by atoms with Crippen LogP contribution in [0.3, 0.4) is 0 Å². The fourth-order valence-electron chi connectivity index (χ4n) is 1.36. The number of rotatable bonds is 2. The van der Waals surface area contributed by atoms with Gasteiger partial charge in [-0.2, -0.15) is 0 Å². The number of carbonyl (C=O) groups excluding carboxylic acids is 1. The summed E-state index contributed by atoms with van der Waals surface area (Å²) in [4.78, 5) is 15.5. The Kier molecular flexibility index (Phi) is 3.34. The first-order valence-electron chi connectivity index (χ1n) is 5.01. The summed E-state index contributed by atoms with van der Waals surface area (Å²) in [5, 5.41) is 21.4. The van der Waals surface area contributed by atoms with Crippen LogP contribution in [-0.4, -0.2) is 21.1 Å². The largest absolute Gasteiger partial charge is 0.506 e. The number of phenols is 1. The number of nitrogens with zero attached hydrogens (tertiary/aromatic N) is 1. The number of nitrogens with one attached hydrogen (secondary N) is 1. The molecule has 0 aliphatic heterocycles. The molecule has 0 aliphatic carbocycles. The number of pyridine rings is 1. The molecule has 1 aromatic carbocycles. The van der Waals surface area contributed by atoms with Crippen LogP contribution in [0.2, 0.25) is 5.02 Å². The maximum absolute atomic E-state index is 11.8. The second-order valence-electron chi connectivity index (χ2n) is 3.51. The number of phenolic OH excluding ortho intramolecular Hbond substituents is 1. The molecule has 0 aliphatic rings. The second-order valence-corrected chi connectivity index (χ2v) is 3.92. The number of benzene rings is 1. The zero-order valence-electron chi connectivity index (χ0n) is 9.09. The number of carbonyl (C=O) groups is 1. The summed E-state index contributed by atoms with van der Waals surface area (Å²) >= 11 is 5.71. The summed E-state index contributed by atoms with van der Waals surface area (Å²) in [6.07, 6.45) is 2.58. The summed E-state index contributed by atoms with van der Waals surface area (Å²) in [5.41, 5.74) is 0.521. The molecule has 18 heavy (non-hydrogen) atoms. The topological polar surface area (TPSA) is 82.5 Å². The Labute approximate surface area is 108 Å². The molecule has 0 fully saturated rings. The van der Waals surface area contributed by atoms with Gasteiger partial charge in [-0.25, -0.2) is 0 Å². The molecule has 3 N–H and O–H groups in total. The first-order valence-corrected chi connectivity index (χ1v) is 5.38. The Bertz CT molecular complexity index is 602. The predicted molar refractivity (Wildman–Crippen MR) is 67.0 cm³/mol. The van der Waals surface area contributed by atoms with E-state index in [1.54, 1.807) is 0 Å². The SMILES string of the molecule is O=C(Nc1ccc(O)c(Cl)c1)c1ccncc1O. The minimum atomic E-state index is -0.489. The minimum absolute atomic E-state index is 0.0681. The van der Waals surface area contributed by atoms with Crippen molar-refractivity contribution in [2.24, 2.45) is 0 Å². The van der Waals surface area contributed by atoms with E-state index >= 15 is 0 Å². The molecule has 0 saturated carbocycles. The van der Waals surface area contributed by atoms with Crippen LogP contribution < -0.4 is 5.32 Å². The smallest absolute Gasteiger partial charge is 0.259 e. The number of aromatic nitrogens is 1. The van der Waals surface area contributed by atoms with Gasteiger partial charge < -0.3 is 15.5 Å². The zero-order chi connectivity index (χ0) is 13.1. The first-order chi connectivity index (χ1) is 8.58. The van der Waals surface area contributed by atoms with E-state index in [0.29, 0.717) is 5.69 Å². The standard InChI is InChI=1S/C12H9ClN2O3/c13-9-5-7(1-2-10(9)16)15-12(18)8-3-4-14-6-11(8)17/h1-6,16-17H,(H,15,18). The third kappa shape index (κ3) is 2.52. The number of halogens is 1. The number of hydrogen-bond donors (Lipinski definition) is 3. The van der Waals surface area contributed by atoms with Gasteiger partial charge in [0.1, 0.15) is 11.5 Å². The van der Waals surface area contributed by atoms with E-state index in [-0.39, 0.29) is 22.1 Å². The Morgan fingerprint density at radius 1 is 1.22 bits per heavy atom. The van der Waals surface area contributed by atoms with Crippen molar-refractivity contribution in [3.63, 3.8) is 0 Å². The third-order valence-electron chi connectivity index (χ3n) is 2.25. The van der Waals surface area contributed by atoms with E-state index in [9.17, 15) is 15.0 Å². The van der Waals surface area contributed by atoms with Crippen molar-refractivity contribution in [1.82, 2.24) is 4.98 Å². The van der Waals surface area contributed by atoms with Crippen molar-refractivity contribution >= 4 is 23.2 Å². The highest BCUT2D eigenvalue weighted by molar-refractivity contribution is 6.32. The van der Waals surface area contributed by atoms with E-state index in [4.69, 9.17) is 11.6 Å². The average molecular weight is 265 g/mol. The lowest BCUT2D eigenvalue weighted by Gasteiger charge is -2.07. The maximum atomic E-state index is 11.8. The van der Waals surface area contributed by atoms with Crippen molar-refractivity contribution in [3.05, 3.63) is 47.2 Å². The van der Waals surface area contributed by atoms with Gasteiger partial charge in [-0.15, -0.1) is 0 Å². The zero-order valence-corrected chi connectivity index (χ0v) is 9.85. The molecule has 0 atom stereocenters. The summed E-state index contributed by atoms with van der Waals surface area (Å²) in [6, 6.07) is 5.67. The van der Waals surface area contributed by atoms with Crippen LogP contribution >= 0.6 is 11.6 Å². The van der Waals surface area contributed by atoms with Gasteiger partial charge in [0, 0.05) is 11.9 Å². The molecule has 0 bridgehead atoms. The molecule has 92 valence electrons. The molecule has 0 unspecified atom stereocenters. The third-order valence-corrected chi connectivity index (χ3v) is 2.55. The highest BCUT2D eigenvalue weighted by Gasteiger charge is 2.11. The molecule has 6 heteroatoms. The van der Waals surface area contributed by atoms with Crippen molar-refractivity contribution in [2.45, 2.75) is 0 Å². The van der Waals surface area contributed by atoms with Gasteiger partial charge in [0.2, 0.25) is 0 Å². The van der Waals surface area contributed by atoms with Crippen LogP contribution in [0.4, 0.5) is 5.69 Å². The first kappa shape index (κ1) is 12.2. The molecule has 2 rings (SSSR count). The lowest BCUT2D eigenvalue weighted by molar-refractivity contribution is 0.102. The van der Waals surface area contributed by atoms with Crippen LogP contribution in [-0.2, 0) is 0 Å². The van der Waals surface area contributed by atoms with E-state index in [2.05, 4.69) is 10.3 Å². The van der Waals surface area contributed by atoms with E-state index < -0.39 is 5.91 Å². The monoisotopic (exact) mass is 264 g/mol. The van der Waals surface area contributed by atoms with Crippen LogP contribution in [0.5, 0.6) is 11.5 Å². The fraction of sp³-hybridized carbons (Fsp3) is 0. The van der Waals surface area contributed by atoms with Gasteiger partial charge in [0.15, 0.2) is 0 Å². The van der Waals surface area contributed by atoms with Gasteiger partial charge in [0.05, 0.1) is 16.8 Å². The molecule has 1 heterocycles. The highest BCUT2D eigenvalue weighted by Crippen LogP contribution is 2.26. The molecular weight excluding hydrogens is 256 g/mol. The van der Waals surface area contributed by atoms with Gasteiger partial charge in [-0.1, -0.05) is 11.6 Å². The maximum Gasteiger partial charge on any atom is 0.259 e. The molecule has 5 nitrogen and oxygen atoms in total. The van der Waals surface area contributed by atoms with Crippen LogP contribution in [0, 0.1) is 0 Å². The minimum Gasteiger partial charge on any atom is -0.506 e. The Morgan fingerprint density at radius 2 is 2.00 bits per heavy atom. The molecular formula is C12H9ClN2O3. The van der Waals surface area contributed by atoms with Gasteiger partial charge in [0.25, 0.3) is 5.91 Å². The van der Waals surface area contributed by atoms with Crippen LogP contribution in [0.25, 0.3) is 0 Å². The van der Waals surface area contributed by atoms with Crippen molar-refractivity contribution < 1.29 is 15.0 Å². The fourth-order valence-corrected chi connectivity index (χ4v) is 1.54. The van der Waals surface area contributed by atoms with E-state index in [1.807, 2.05) is 0 Å². The van der Waals surface area contributed by atoms with Gasteiger partial charge in [-0.05, 0) is 24.3 Å². The number of amides is 1. The number of aromatic hydroxyl groups is 2. The second kappa shape index (κ2) is 4.93. The summed E-state index contributed by atoms with van der Waals surface area (Å²) < 4.78 is 0. The lowest BCUT2D eigenvalue weighted by atomic mass is 10.2. The lowest BCUT2D eigenvalue weighted by Crippen LogP contribution is -2.12. The van der Waals surface area contributed by atoms with Gasteiger partial charge >= 0.3 is 0 Å². The van der Waals surface area contributed by atoms with Gasteiger partial charge in [-0.3, -0.25) is 9.78 Å². The molecule has 1 aromatic heterocycles. The normalized spacial score (nSPS) is 10.1. The van der Waals surface area contributed by atoms with Crippen molar-refractivity contribution in [1.29, 1.82) is 0 Å². The molecule has 0 saturated heterocycles. The molecule has 2 aromatic rings. The van der Waals surface area contributed by atoms with E-state index in [1.165, 1.54) is 36.7 Å².